The van der Waals surface area contributed by atoms with Crippen molar-refractivity contribution >= 4 is 12.4 Å². The van der Waals surface area contributed by atoms with E-state index in [1.54, 1.807) is 0 Å². The molecule has 0 bridgehead atoms. The maximum atomic E-state index is 5.77. The normalized spacial score (nSPS) is 22.5. The van der Waals surface area contributed by atoms with Gasteiger partial charge in [-0.05, 0) is 37.8 Å². The summed E-state index contributed by atoms with van der Waals surface area (Å²) < 4.78 is 5.77. The Morgan fingerprint density at radius 3 is 1.57 bits per heavy atom. The zero-order valence-corrected chi connectivity index (χ0v) is 12.8. The summed E-state index contributed by atoms with van der Waals surface area (Å²) >= 11 is 0. The van der Waals surface area contributed by atoms with Crippen molar-refractivity contribution in [3.05, 3.63) is 23.7 Å². The monoisotopic (exact) mass is 286 g/mol. The minimum atomic E-state index is 0.503. The summed E-state index contributed by atoms with van der Waals surface area (Å²) in [5.41, 5.74) is 0. The predicted octanol–water partition coefficient (Wildman–Crippen LogP) is 4.78. The lowest BCUT2D eigenvalue weighted by Crippen LogP contribution is -2.09. The third kappa shape index (κ3) is 4.55. The fourth-order valence-corrected chi connectivity index (χ4v) is 3.33. The smallest absolute Gasteiger partial charge is 0.145 e. The molecular weight excluding hydrogens is 260 g/mol. The van der Waals surface area contributed by atoms with Gasteiger partial charge in [-0.25, -0.2) is 0 Å². The van der Waals surface area contributed by atoms with Crippen LogP contribution in [0.2, 0.25) is 0 Å². The number of rotatable bonds is 4. The summed E-state index contributed by atoms with van der Waals surface area (Å²) in [5.74, 6) is 1.70. The second-order valence-electron chi connectivity index (χ2n) is 6.38. The Morgan fingerprint density at radius 1 is 0.714 bits per heavy atom. The SMILES string of the molecule is C(=NC1CCCCC1)c1ccc(C=NC2CCCCC2)o1. The van der Waals surface area contributed by atoms with E-state index < -0.39 is 0 Å². The molecule has 3 rings (SSSR count). The van der Waals surface area contributed by atoms with E-state index in [4.69, 9.17) is 4.42 Å². The molecule has 0 spiro atoms. The van der Waals surface area contributed by atoms with Crippen LogP contribution in [-0.2, 0) is 0 Å². The van der Waals surface area contributed by atoms with Gasteiger partial charge >= 0.3 is 0 Å². The van der Waals surface area contributed by atoms with Gasteiger partial charge in [-0.15, -0.1) is 0 Å². The summed E-state index contributed by atoms with van der Waals surface area (Å²) in [4.78, 5) is 9.31. The first kappa shape index (κ1) is 14.6. The zero-order valence-electron chi connectivity index (χ0n) is 12.8. The van der Waals surface area contributed by atoms with Crippen LogP contribution in [0, 0.1) is 0 Å². The van der Waals surface area contributed by atoms with Crippen LogP contribution in [0.1, 0.15) is 75.7 Å². The Balaban J connectivity index is 1.52. The minimum absolute atomic E-state index is 0.503. The van der Waals surface area contributed by atoms with Gasteiger partial charge < -0.3 is 4.42 Å². The highest BCUT2D eigenvalue weighted by molar-refractivity contribution is 5.81. The van der Waals surface area contributed by atoms with Gasteiger partial charge in [0.05, 0.1) is 24.5 Å². The quantitative estimate of drug-likeness (QED) is 0.734. The fourth-order valence-electron chi connectivity index (χ4n) is 3.33. The maximum absolute atomic E-state index is 5.77. The highest BCUT2D eigenvalue weighted by Crippen LogP contribution is 2.21. The molecule has 0 N–H and O–H groups in total. The highest BCUT2D eigenvalue weighted by Gasteiger charge is 2.12. The number of furan rings is 1. The van der Waals surface area contributed by atoms with Gasteiger partial charge in [0, 0.05) is 0 Å². The topological polar surface area (TPSA) is 37.9 Å². The third-order valence-electron chi connectivity index (χ3n) is 4.62. The zero-order chi connectivity index (χ0) is 14.3. The maximum Gasteiger partial charge on any atom is 0.145 e. The van der Waals surface area contributed by atoms with Crippen molar-refractivity contribution in [3.63, 3.8) is 0 Å². The van der Waals surface area contributed by atoms with Crippen LogP contribution in [-0.4, -0.2) is 24.5 Å². The van der Waals surface area contributed by atoms with Gasteiger partial charge in [-0.2, -0.15) is 0 Å². The Morgan fingerprint density at radius 2 is 1.14 bits per heavy atom. The van der Waals surface area contributed by atoms with Crippen molar-refractivity contribution in [1.29, 1.82) is 0 Å². The molecule has 2 aliphatic rings. The molecule has 0 radical (unpaired) electrons. The van der Waals surface area contributed by atoms with Gasteiger partial charge in [-0.3, -0.25) is 9.98 Å². The lowest BCUT2D eigenvalue weighted by atomic mass is 9.96. The molecule has 0 aliphatic heterocycles. The first-order valence-corrected chi connectivity index (χ1v) is 8.56. The van der Waals surface area contributed by atoms with Gasteiger partial charge in [0.15, 0.2) is 0 Å². The number of aliphatic imine (C=N–C) groups is 2. The van der Waals surface area contributed by atoms with Crippen molar-refractivity contribution in [3.8, 4) is 0 Å². The molecule has 0 aromatic carbocycles. The Kier molecular flexibility index (Phi) is 5.25. The Bertz CT molecular complexity index is 435. The van der Waals surface area contributed by atoms with E-state index in [1.165, 1.54) is 64.2 Å². The molecule has 3 heteroatoms. The summed E-state index contributed by atoms with van der Waals surface area (Å²) in [6, 6.07) is 5.00. The van der Waals surface area contributed by atoms with Crippen LogP contribution in [0.4, 0.5) is 0 Å². The predicted molar refractivity (Wildman–Crippen MR) is 87.6 cm³/mol. The van der Waals surface area contributed by atoms with Crippen molar-refractivity contribution in [2.75, 3.05) is 0 Å². The van der Waals surface area contributed by atoms with Gasteiger partial charge in [0.1, 0.15) is 11.5 Å². The second kappa shape index (κ2) is 7.58. The molecule has 21 heavy (non-hydrogen) atoms. The van der Waals surface area contributed by atoms with Crippen LogP contribution >= 0.6 is 0 Å². The molecule has 0 unspecified atom stereocenters. The van der Waals surface area contributed by atoms with Crippen molar-refractivity contribution in [1.82, 2.24) is 0 Å². The largest absolute Gasteiger partial charge is 0.454 e. The average molecular weight is 286 g/mol. The number of hydrogen-bond donors (Lipinski definition) is 0. The molecule has 2 saturated carbocycles. The summed E-state index contributed by atoms with van der Waals surface area (Å²) in [6.07, 6.45) is 16.7. The van der Waals surface area contributed by atoms with E-state index >= 15 is 0 Å². The number of nitrogens with zero attached hydrogens (tertiary/aromatic N) is 2. The van der Waals surface area contributed by atoms with Crippen molar-refractivity contribution in [2.45, 2.75) is 76.3 Å². The Hall–Kier alpha value is -1.38. The van der Waals surface area contributed by atoms with Crippen LogP contribution in [0.5, 0.6) is 0 Å². The van der Waals surface area contributed by atoms with Crippen molar-refractivity contribution < 1.29 is 4.42 Å². The third-order valence-corrected chi connectivity index (χ3v) is 4.62. The fraction of sp³-hybridized carbons (Fsp3) is 0.667. The van der Waals surface area contributed by atoms with E-state index in [2.05, 4.69) is 9.98 Å². The van der Waals surface area contributed by atoms with Crippen LogP contribution in [0.3, 0.4) is 0 Å². The summed E-state index contributed by atoms with van der Waals surface area (Å²) in [6.45, 7) is 0. The molecule has 0 saturated heterocycles. The highest BCUT2D eigenvalue weighted by atomic mass is 16.3. The van der Waals surface area contributed by atoms with E-state index in [0.717, 1.165) is 11.5 Å². The van der Waals surface area contributed by atoms with Gasteiger partial charge in [0.2, 0.25) is 0 Å². The molecule has 3 nitrogen and oxygen atoms in total. The molecule has 114 valence electrons. The first-order chi connectivity index (χ1) is 10.4. The van der Waals surface area contributed by atoms with Crippen LogP contribution in [0.25, 0.3) is 0 Å². The molecule has 1 aromatic rings. The van der Waals surface area contributed by atoms with Gasteiger partial charge in [0.25, 0.3) is 0 Å². The van der Waals surface area contributed by atoms with E-state index in [9.17, 15) is 0 Å². The van der Waals surface area contributed by atoms with E-state index in [0.29, 0.717) is 12.1 Å². The first-order valence-electron chi connectivity index (χ1n) is 8.56. The molecule has 0 atom stereocenters. The minimum Gasteiger partial charge on any atom is -0.454 e. The molecule has 1 heterocycles. The van der Waals surface area contributed by atoms with Crippen LogP contribution < -0.4 is 0 Å². The molecule has 2 fully saturated rings. The molecule has 1 aromatic heterocycles. The average Bonchev–Trinajstić information content (AvgIpc) is 3.01. The lowest BCUT2D eigenvalue weighted by Gasteiger charge is -2.16. The number of hydrogen-bond acceptors (Lipinski definition) is 3. The summed E-state index contributed by atoms with van der Waals surface area (Å²) in [7, 11) is 0. The lowest BCUT2D eigenvalue weighted by molar-refractivity contribution is 0.442. The standard InChI is InChI=1S/C18H26N2O/c1-3-7-15(8-4-1)19-13-17-11-12-18(21-17)14-20-16-9-5-2-6-10-16/h11-16H,1-10H2. The second-order valence-corrected chi connectivity index (χ2v) is 6.38. The van der Waals surface area contributed by atoms with Gasteiger partial charge in [-0.1, -0.05) is 38.5 Å². The van der Waals surface area contributed by atoms with Crippen molar-refractivity contribution in [2.24, 2.45) is 9.98 Å². The molecule has 2 aliphatic carbocycles. The summed E-state index contributed by atoms with van der Waals surface area (Å²) in [5, 5.41) is 0. The van der Waals surface area contributed by atoms with E-state index in [1.807, 2.05) is 24.6 Å². The van der Waals surface area contributed by atoms with E-state index in [-0.39, 0.29) is 0 Å². The molecular formula is C18H26N2O. The molecule has 0 amide bonds. The van der Waals surface area contributed by atoms with Crippen LogP contribution in [0.15, 0.2) is 26.5 Å². The Labute approximate surface area is 127 Å².